The molecule has 0 heterocycles. The van der Waals surface area contributed by atoms with Crippen molar-refractivity contribution >= 4 is 11.6 Å². The summed E-state index contributed by atoms with van der Waals surface area (Å²) in [5.74, 6) is 0.728. The lowest BCUT2D eigenvalue weighted by Gasteiger charge is -2.38. The molecule has 0 radical (unpaired) electrons. The van der Waals surface area contributed by atoms with Crippen molar-refractivity contribution in [3.05, 3.63) is 70.7 Å². The van der Waals surface area contributed by atoms with Crippen molar-refractivity contribution in [3.63, 3.8) is 0 Å². The summed E-state index contributed by atoms with van der Waals surface area (Å²) in [6, 6.07) is 20.0. The number of halogens is 1. The third kappa shape index (κ3) is 3.05. The molecule has 20 heavy (non-hydrogen) atoms. The second kappa shape index (κ2) is 5.99. The zero-order valence-electron chi connectivity index (χ0n) is 11.7. The molecule has 2 heteroatoms. The SMILES string of the molecule is C[C@H](NC1CC(c2ccccc2)C1)c1ccc(Cl)cc1. The van der Waals surface area contributed by atoms with Gasteiger partial charge in [-0.3, -0.25) is 0 Å². The van der Waals surface area contributed by atoms with Gasteiger partial charge in [0.1, 0.15) is 0 Å². The van der Waals surface area contributed by atoms with Gasteiger partial charge in [0.2, 0.25) is 0 Å². The fourth-order valence-corrected chi connectivity index (χ4v) is 3.08. The van der Waals surface area contributed by atoms with Crippen LogP contribution >= 0.6 is 11.6 Å². The first-order chi connectivity index (χ1) is 9.72. The van der Waals surface area contributed by atoms with Gasteiger partial charge < -0.3 is 5.32 Å². The standard InChI is InChI=1S/C18H20ClN/c1-13(14-7-9-17(19)10-8-14)20-18-11-16(12-18)15-5-3-2-4-6-15/h2-10,13,16,18,20H,11-12H2,1H3/t13-,16?,18?/m0/s1. The molecule has 1 saturated carbocycles. The lowest BCUT2D eigenvalue weighted by Crippen LogP contribution is -2.41. The van der Waals surface area contributed by atoms with E-state index in [2.05, 4.69) is 54.7 Å². The normalized spacial score (nSPS) is 23.1. The first-order valence-corrected chi connectivity index (χ1v) is 7.66. The van der Waals surface area contributed by atoms with E-state index in [-0.39, 0.29) is 0 Å². The van der Waals surface area contributed by atoms with Gasteiger partial charge in [-0.25, -0.2) is 0 Å². The maximum atomic E-state index is 5.93. The van der Waals surface area contributed by atoms with Gasteiger partial charge in [-0.1, -0.05) is 54.1 Å². The summed E-state index contributed by atoms with van der Waals surface area (Å²) in [6.07, 6.45) is 2.48. The lowest BCUT2D eigenvalue weighted by atomic mass is 9.75. The molecular formula is C18H20ClN. The minimum absolute atomic E-state index is 0.383. The molecule has 1 aliphatic rings. The average Bonchev–Trinajstić information content (AvgIpc) is 2.44. The number of hydrogen-bond donors (Lipinski definition) is 1. The van der Waals surface area contributed by atoms with E-state index in [9.17, 15) is 0 Å². The number of nitrogens with one attached hydrogen (secondary N) is 1. The molecule has 1 fully saturated rings. The van der Waals surface area contributed by atoms with Crippen LogP contribution in [0.5, 0.6) is 0 Å². The maximum Gasteiger partial charge on any atom is 0.0406 e. The summed E-state index contributed by atoms with van der Waals surface area (Å²) in [6.45, 7) is 2.22. The van der Waals surface area contributed by atoms with Crippen LogP contribution in [0, 0.1) is 0 Å². The zero-order valence-corrected chi connectivity index (χ0v) is 12.5. The molecule has 1 nitrogen and oxygen atoms in total. The summed E-state index contributed by atoms with van der Waals surface area (Å²) in [4.78, 5) is 0. The predicted molar refractivity (Wildman–Crippen MR) is 85.2 cm³/mol. The third-order valence-electron chi connectivity index (χ3n) is 4.26. The van der Waals surface area contributed by atoms with Gasteiger partial charge in [0.15, 0.2) is 0 Å². The average molecular weight is 286 g/mol. The van der Waals surface area contributed by atoms with Crippen molar-refractivity contribution in [1.29, 1.82) is 0 Å². The van der Waals surface area contributed by atoms with E-state index < -0.39 is 0 Å². The molecular weight excluding hydrogens is 266 g/mol. The highest BCUT2D eigenvalue weighted by Gasteiger charge is 2.30. The minimum Gasteiger partial charge on any atom is -0.307 e. The summed E-state index contributed by atoms with van der Waals surface area (Å²) in [5.41, 5.74) is 2.78. The van der Waals surface area contributed by atoms with E-state index in [1.165, 1.54) is 24.0 Å². The van der Waals surface area contributed by atoms with Crippen LogP contribution in [0.25, 0.3) is 0 Å². The molecule has 2 aromatic rings. The first-order valence-electron chi connectivity index (χ1n) is 7.29. The zero-order chi connectivity index (χ0) is 13.9. The Morgan fingerprint density at radius 1 is 1.00 bits per heavy atom. The molecule has 3 rings (SSSR count). The number of hydrogen-bond acceptors (Lipinski definition) is 1. The van der Waals surface area contributed by atoms with Crippen LogP contribution in [0.4, 0.5) is 0 Å². The van der Waals surface area contributed by atoms with Crippen LogP contribution in [0.2, 0.25) is 5.02 Å². The Hall–Kier alpha value is -1.31. The molecule has 104 valence electrons. The third-order valence-corrected chi connectivity index (χ3v) is 4.52. The molecule has 2 aromatic carbocycles. The second-order valence-electron chi connectivity index (χ2n) is 5.72. The Kier molecular flexibility index (Phi) is 4.09. The van der Waals surface area contributed by atoms with Gasteiger partial charge in [0.05, 0.1) is 0 Å². The molecule has 1 aliphatic carbocycles. The molecule has 0 bridgehead atoms. The van der Waals surface area contributed by atoms with Crippen LogP contribution < -0.4 is 5.32 Å². The molecule has 0 aliphatic heterocycles. The van der Waals surface area contributed by atoms with Crippen LogP contribution in [-0.4, -0.2) is 6.04 Å². The van der Waals surface area contributed by atoms with Crippen molar-refractivity contribution in [2.45, 2.75) is 37.8 Å². The molecule has 0 unspecified atom stereocenters. The van der Waals surface area contributed by atoms with Gasteiger partial charge in [-0.2, -0.15) is 0 Å². The first kappa shape index (κ1) is 13.7. The fraction of sp³-hybridized carbons (Fsp3) is 0.333. The summed E-state index contributed by atoms with van der Waals surface area (Å²) < 4.78 is 0. The van der Waals surface area contributed by atoms with Gasteiger partial charge >= 0.3 is 0 Å². The topological polar surface area (TPSA) is 12.0 Å². The number of benzene rings is 2. The highest BCUT2D eigenvalue weighted by molar-refractivity contribution is 6.30. The van der Waals surface area contributed by atoms with Crippen molar-refractivity contribution in [3.8, 4) is 0 Å². The van der Waals surface area contributed by atoms with E-state index in [1.807, 2.05) is 12.1 Å². The van der Waals surface area contributed by atoms with Gasteiger partial charge in [0.25, 0.3) is 0 Å². The van der Waals surface area contributed by atoms with Crippen molar-refractivity contribution in [2.75, 3.05) is 0 Å². The molecule has 0 saturated heterocycles. The summed E-state index contributed by atoms with van der Waals surface area (Å²) in [7, 11) is 0. The van der Waals surface area contributed by atoms with E-state index in [0.29, 0.717) is 12.1 Å². The Bertz CT molecular complexity index is 543. The van der Waals surface area contributed by atoms with Gasteiger partial charge in [0, 0.05) is 17.1 Å². The van der Waals surface area contributed by atoms with Crippen LogP contribution in [0.3, 0.4) is 0 Å². The largest absolute Gasteiger partial charge is 0.307 e. The van der Waals surface area contributed by atoms with Gasteiger partial charge in [-0.05, 0) is 48.9 Å². The molecule has 0 amide bonds. The van der Waals surface area contributed by atoms with E-state index >= 15 is 0 Å². The van der Waals surface area contributed by atoms with Crippen molar-refractivity contribution in [2.24, 2.45) is 0 Å². The van der Waals surface area contributed by atoms with E-state index in [0.717, 1.165) is 10.9 Å². The molecule has 1 N–H and O–H groups in total. The van der Waals surface area contributed by atoms with Crippen molar-refractivity contribution in [1.82, 2.24) is 5.32 Å². The quantitative estimate of drug-likeness (QED) is 0.839. The highest BCUT2D eigenvalue weighted by atomic mass is 35.5. The predicted octanol–water partition coefficient (Wildman–Crippen LogP) is 4.94. The Labute approximate surface area is 126 Å². The monoisotopic (exact) mass is 285 g/mol. The second-order valence-corrected chi connectivity index (χ2v) is 6.15. The smallest absolute Gasteiger partial charge is 0.0406 e. The highest BCUT2D eigenvalue weighted by Crippen LogP contribution is 2.37. The summed E-state index contributed by atoms with van der Waals surface area (Å²) >= 11 is 5.93. The Balaban J connectivity index is 1.52. The fourth-order valence-electron chi connectivity index (χ4n) is 2.95. The van der Waals surface area contributed by atoms with E-state index in [1.54, 1.807) is 0 Å². The van der Waals surface area contributed by atoms with E-state index in [4.69, 9.17) is 11.6 Å². The summed E-state index contributed by atoms with van der Waals surface area (Å²) in [5, 5.41) is 4.51. The lowest BCUT2D eigenvalue weighted by molar-refractivity contribution is 0.271. The molecule has 0 spiro atoms. The molecule has 0 aromatic heterocycles. The minimum atomic E-state index is 0.383. The van der Waals surface area contributed by atoms with Crippen LogP contribution in [0.15, 0.2) is 54.6 Å². The maximum absolute atomic E-state index is 5.93. The number of rotatable bonds is 4. The van der Waals surface area contributed by atoms with Crippen LogP contribution in [-0.2, 0) is 0 Å². The van der Waals surface area contributed by atoms with Gasteiger partial charge in [-0.15, -0.1) is 0 Å². The Morgan fingerprint density at radius 2 is 1.65 bits per heavy atom. The molecule has 1 atom stereocenters. The Morgan fingerprint density at radius 3 is 2.30 bits per heavy atom. The van der Waals surface area contributed by atoms with Crippen LogP contribution in [0.1, 0.15) is 42.9 Å². The van der Waals surface area contributed by atoms with Crippen molar-refractivity contribution < 1.29 is 0 Å².